The van der Waals surface area contributed by atoms with Crippen molar-refractivity contribution in [3.63, 3.8) is 0 Å². The summed E-state index contributed by atoms with van der Waals surface area (Å²) in [6.45, 7) is 9.14. The quantitative estimate of drug-likeness (QED) is 0.863. The summed E-state index contributed by atoms with van der Waals surface area (Å²) >= 11 is 0. The van der Waals surface area contributed by atoms with Crippen molar-refractivity contribution in [2.24, 2.45) is 5.92 Å². The summed E-state index contributed by atoms with van der Waals surface area (Å²) in [7, 11) is 1.95. The third kappa shape index (κ3) is 3.85. The standard InChI is InChI=1S/C22H33N3O2/c1-22(2)13-16-5-4-6-18(21(16)27-22)15-24-11-9-19-17(14-24)7-8-20(26)25(19)12-10-23-3/h4-6,17,19,23H,7-15H2,1-3H3. The third-order valence-corrected chi connectivity index (χ3v) is 6.40. The van der Waals surface area contributed by atoms with Crippen LogP contribution in [0.1, 0.15) is 44.2 Å². The molecule has 0 radical (unpaired) electrons. The minimum Gasteiger partial charge on any atom is -0.487 e. The highest BCUT2D eigenvalue weighted by Crippen LogP contribution is 2.39. The van der Waals surface area contributed by atoms with Gasteiger partial charge in [-0.2, -0.15) is 0 Å². The lowest BCUT2D eigenvalue weighted by molar-refractivity contribution is -0.141. The Morgan fingerprint density at radius 3 is 2.96 bits per heavy atom. The number of benzene rings is 1. The van der Waals surface area contributed by atoms with Crippen LogP contribution in [-0.2, 0) is 17.8 Å². The van der Waals surface area contributed by atoms with E-state index in [1.807, 2.05) is 7.05 Å². The first kappa shape index (κ1) is 18.8. The molecule has 3 heterocycles. The molecule has 1 aromatic rings. The number of amides is 1. The first-order valence-electron chi connectivity index (χ1n) is 10.4. The van der Waals surface area contributed by atoms with Crippen molar-refractivity contribution < 1.29 is 9.53 Å². The molecular formula is C22H33N3O2. The number of ether oxygens (including phenoxy) is 1. The fourth-order valence-electron chi connectivity index (χ4n) is 5.14. The third-order valence-electron chi connectivity index (χ3n) is 6.40. The second kappa shape index (κ2) is 7.44. The van der Waals surface area contributed by atoms with Crippen molar-refractivity contribution >= 4 is 5.91 Å². The van der Waals surface area contributed by atoms with E-state index in [0.717, 1.165) is 57.7 Å². The molecule has 0 saturated carbocycles. The Labute approximate surface area is 163 Å². The van der Waals surface area contributed by atoms with Crippen LogP contribution in [0.5, 0.6) is 5.75 Å². The van der Waals surface area contributed by atoms with Crippen molar-refractivity contribution in [2.75, 3.05) is 33.2 Å². The van der Waals surface area contributed by atoms with Crippen molar-refractivity contribution in [2.45, 2.75) is 57.7 Å². The molecule has 1 aromatic carbocycles. The number of likely N-dealkylation sites (tertiary alicyclic amines) is 2. The van der Waals surface area contributed by atoms with Gasteiger partial charge in [0.15, 0.2) is 0 Å². The number of nitrogens with zero attached hydrogens (tertiary/aromatic N) is 2. The molecule has 0 aromatic heterocycles. The van der Waals surface area contributed by atoms with Gasteiger partial charge in [0.05, 0.1) is 0 Å². The molecule has 0 spiro atoms. The average Bonchev–Trinajstić information content (AvgIpc) is 2.96. The number of fused-ring (bicyclic) bond motifs is 2. The SMILES string of the molecule is CNCCN1C(=O)CCC2CN(Cc3cccc4c3OC(C)(C)C4)CCC21. The first-order chi connectivity index (χ1) is 13.0. The number of carbonyl (C=O) groups is 1. The van der Waals surface area contributed by atoms with Crippen molar-refractivity contribution in [1.29, 1.82) is 0 Å². The minimum absolute atomic E-state index is 0.0943. The van der Waals surface area contributed by atoms with E-state index >= 15 is 0 Å². The topological polar surface area (TPSA) is 44.8 Å². The number of rotatable bonds is 5. The minimum atomic E-state index is -0.0943. The summed E-state index contributed by atoms with van der Waals surface area (Å²) in [6, 6.07) is 7.01. The van der Waals surface area contributed by atoms with Gasteiger partial charge in [-0.15, -0.1) is 0 Å². The van der Waals surface area contributed by atoms with Crippen LogP contribution in [0.2, 0.25) is 0 Å². The molecule has 148 valence electrons. The summed E-state index contributed by atoms with van der Waals surface area (Å²) in [5.74, 6) is 2.05. The maximum Gasteiger partial charge on any atom is 0.222 e. The van der Waals surface area contributed by atoms with Gasteiger partial charge in [-0.25, -0.2) is 0 Å². The van der Waals surface area contributed by atoms with Crippen LogP contribution < -0.4 is 10.1 Å². The molecule has 4 rings (SSSR count). The fraction of sp³-hybridized carbons (Fsp3) is 0.682. The van der Waals surface area contributed by atoms with E-state index in [9.17, 15) is 4.79 Å². The molecule has 0 bridgehead atoms. The summed E-state index contributed by atoms with van der Waals surface area (Å²) in [5.41, 5.74) is 2.56. The van der Waals surface area contributed by atoms with Crippen LogP contribution >= 0.6 is 0 Å². The molecule has 2 atom stereocenters. The maximum atomic E-state index is 12.4. The number of para-hydroxylation sites is 1. The first-order valence-corrected chi connectivity index (χ1v) is 10.4. The summed E-state index contributed by atoms with van der Waals surface area (Å²) < 4.78 is 6.26. The predicted molar refractivity (Wildman–Crippen MR) is 107 cm³/mol. The van der Waals surface area contributed by atoms with Gasteiger partial charge in [0.2, 0.25) is 5.91 Å². The number of nitrogens with one attached hydrogen (secondary N) is 1. The van der Waals surface area contributed by atoms with E-state index in [-0.39, 0.29) is 5.60 Å². The lowest BCUT2D eigenvalue weighted by Crippen LogP contribution is -2.56. The van der Waals surface area contributed by atoms with Crippen LogP contribution in [0.15, 0.2) is 18.2 Å². The lowest BCUT2D eigenvalue weighted by Gasteiger charge is -2.47. The summed E-state index contributed by atoms with van der Waals surface area (Å²) in [4.78, 5) is 17.1. The molecule has 2 unspecified atom stereocenters. The molecule has 3 aliphatic heterocycles. The highest BCUT2D eigenvalue weighted by molar-refractivity contribution is 5.77. The van der Waals surface area contributed by atoms with Crippen LogP contribution in [0.3, 0.4) is 0 Å². The number of likely N-dealkylation sites (N-methyl/N-ethyl adjacent to an activating group) is 1. The zero-order valence-corrected chi connectivity index (χ0v) is 17.0. The second-order valence-corrected chi connectivity index (χ2v) is 9.02. The molecule has 5 heteroatoms. The van der Waals surface area contributed by atoms with Gasteiger partial charge in [-0.3, -0.25) is 9.69 Å². The van der Waals surface area contributed by atoms with E-state index < -0.39 is 0 Å². The molecule has 5 nitrogen and oxygen atoms in total. The molecular weight excluding hydrogens is 338 g/mol. The van der Waals surface area contributed by atoms with E-state index in [4.69, 9.17) is 4.74 Å². The normalized spacial score (nSPS) is 27.2. The Hall–Kier alpha value is -1.59. The van der Waals surface area contributed by atoms with E-state index in [2.05, 4.69) is 47.2 Å². The van der Waals surface area contributed by atoms with Gasteiger partial charge in [0, 0.05) is 57.2 Å². The monoisotopic (exact) mass is 371 g/mol. The van der Waals surface area contributed by atoms with Gasteiger partial charge in [-0.1, -0.05) is 18.2 Å². The molecule has 1 N–H and O–H groups in total. The average molecular weight is 372 g/mol. The fourth-order valence-corrected chi connectivity index (χ4v) is 5.14. The lowest BCUT2D eigenvalue weighted by atomic mass is 9.83. The number of piperidine rings is 2. The Bertz CT molecular complexity index is 703. The van der Waals surface area contributed by atoms with E-state index in [1.165, 1.54) is 11.1 Å². The Kier molecular flexibility index (Phi) is 5.17. The molecule has 27 heavy (non-hydrogen) atoms. The van der Waals surface area contributed by atoms with Crippen LogP contribution in [-0.4, -0.2) is 60.6 Å². The number of carbonyl (C=O) groups excluding carboxylic acids is 1. The van der Waals surface area contributed by atoms with E-state index in [1.54, 1.807) is 0 Å². The Morgan fingerprint density at radius 1 is 1.30 bits per heavy atom. The van der Waals surface area contributed by atoms with Crippen LogP contribution in [0.25, 0.3) is 0 Å². The molecule has 3 aliphatic rings. The van der Waals surface area contributed by atoms with Crippen LogP contribution in [0, 0.1) is 5.92 Å². The van der Waals surface area contributed by atoms with Gasteiger partial charge in [0.25, 0.3) is 0 Å². The van der Waals surface area contributed by atoms with Gasteiger partial charge in [-0.05, 0) is 45.2 Å². The number of hydrogen-bond donors (Lipinski definition) is 1. The zero-order chi connectivity index (χ0) is 19.0. The highest BCUT2D eigenvalue weighted by atomic mass is 16.5. The van der Waals surface area contributed by atoms with E-state index in [0.29, 0.717) is 24.3 Å². The molecule has 2 saturated heterocycles. The smallest absolute Gasteiger partial charge is 0.222 e. The van der Waals surface area contributed by atoms with Crippen molar-refractivity contribution in [3.05, 3.63) is 29.3 Å². The Balaban J connectivity index is 1.43. The summed E-state index contributed by atoms with van der Waals surface area (Å²) in [5, 5.41) is 3.18. The van der Waals surface area contributed by atoms with Gasteiger partial charge >= 0.3 is 0 Å². The molecule has 2 fully saturated rings. The molecule has 1 amide bonds. The van der Waals surface area contributed by atoms with Gasteiger partial charge in [0.1, 0.15) is 11.4 Å². The highest BCUT2D eigenvalue weighted by Gasteiger charge is 2.39. The Morgan fingerprint density at radius 2 is 2.15 bits per heavy atom. The van der Waals surface area contributed by atoms with Crippen LogP contribution in [0.4, 0.5) is 0 Å². The second-order valence-electron chi connectivity index (χ2n) is 9.02. The van der Waals surface area contributed by atoms with Crippen molar-refractivity contribution in [3.8, 4) is 5.75 Å². The largest absolute Gasteiger partial charge is 0.487 e. The molecule has 0 aliphatic carbocycles. The van der Waals surface area contributed by atoms with Gasteiger partial charge < -0.3 is 15.0 Å². The zero-order valence-electron chi connectivity index (χ0n) is 17.0. The summed E-state index contributed by atoms with van der Waals surface area (Å²) in [6.07, 6.45) is 3.81. The van der Waals surface area contributed by atoms with Crippen molar-refractivity contribution in [1.82, 2.24) is 15.1 Å². The maximum absolute atomic E-state index is 12.4. The predicted octanol–water partition coefficient (Wildman–Crippen LogP) is 2.43. The number of hydrogen-bond acceptors (Lipinski definition) is 4.